The standard InChI is InChI=1S/C22H20N6/c1-14-19-21(23)24-13-25-22(19)28(26-14)15(2)18-12-17-10-6-7-11-27(17)20(18)16-8-4-3-5-9-16/h3-13,15H,1-2H3,(H2,23,24,25). The number of hydrogen-bond acceptors (Lipinski definition) is 4. The molecule has 28 heavy (non-hydrogen) atoms. The predicted octanol–water partition coefficient (Wildman–Crippen LogP) is 4.25. The highest BCUT2D eigenvalue weighted by molar-refractivity contribution is 5.88. The molecule has 5 aromatic rings. The van der Waals surface area contributed by atoms with E-state index in [1.54, 1.807) is 0 Å². The molecule has 0 aliphatic carbocycles. The molecule has 0 bridgehead atoms. The number of aryl methyl sites for hydroxylation is 1. The van der Waals surface area contributed by atoms with Gasteiger partial charge in [0, 0.05) is 17.3 Å². The second-order valence-corrected chi connectivity index (χ2v) is 6.97. The molecule has 138 valence electrons. The monoisotopic (exact) mass is 368 g/mol. The largest absolute Gasteiger partial charge is 0.383 e. The van der Waals surface area contributed by atoms with Crippen LogP contribution in [0.25, 0.3) is 27.8 Å². The number of pyridine rings is 1. The minimum Gasteiger partial charge on any atom is -0.383 e. The molecule has 0 fully saturated rings. The van der Waals surface area contributed by atoms with Crippen LogP contribution in [-0.2, 0) is 0 Å². The van der Waals surface area contributed by atoms with Crippen LogP contribution in [0.4, 0.5) is 5.82 Å². The number of aromatic nitrogens is 5. The van der Waals surface area contributed by atoms with Gasteiger partial charge in [-0.05, 0) is 37.6 Å². The molecule has 5 rings (SSSR count). The van der Waals surface area contributed by atoms with Gasteiger partial charge in [0.05, 0.1) is 22.8 Å². The van der Waals surface area contributed by atoms with E-state index in [1.165, 1.54) is 11.9 Å². The van der Waals surface area contributed by atoms with Gasteiger partial charge < -0.3 is 10.1 Å². The predicted molar refractivity (Wildman–Crippen MR) is 111 cm³/mol. The third kappa shape index (κ3) is 2.38. The Bertz CT molecular complexity index is 1300. The van der Waals surface area contributed by atoms with Crippen LogP contribution >= 0.6 is 0 Å². The van der Waals surface area contributed by atoms with Crippen molar-refractivity contribution in [1.29, 1.82) is 0 Å². The first-order valence-corrected chi connectivity index (χ1v) is 9.26. The molecule has 0 aliphatic rings. The maximum Gasteiger partial charge on any atom is 0.164 e. The first kappa shape index (κ1) is 16.5. The highest BCUT2D eigenvalue weighted by atomic mass is 15.3. The highest BCUT2D eigenvalue weighted by Gasteiger charge is 2.22. The number of nitrogen functional groups attached to an aromatic ring is 1. The molecule has 1 unspecified atom stereocenters. The Labute approximate surface area is 162 Å². The molecule has 2 N–H and O–H groups in total. The topological polar surface area (TPSA) is 74.0 Å². The normalized spacial score (nSPS) is 12.6. The van der Waals surface area contributed by atoms with Crippen LogP contribution in [0, 0.1) is 6.92 Å². The third-order valence-corrected chi connectivity index (χ3v) is 5.27. The van der Waals surface area contributed by atoms with Crippen LogP contribution in [0.1, 0.15) is 24.2 Å². The van der Waals surface area contributed by atoms with Crippen LogP contribution < -0.4 is 5.73 Å². The van der Waals surface area contributed by atoms with E-state index in [1.807, 2.05) is 17.7 Å². The van der Waals surface area contributed by atoms with Gasteiger partial charge in [0.25, 0.3) is 0 Å². The summed E-state index contributed by atoms with van der Waals surface area (Å²) in [5.74, 6) is 0.464. The van der Waals surface area contributed by atoms with Gasteiger partial charge in [-0.1, -0.05) is 36.4 Å². The molecular weight excluding hydrogens is 348 g/mol. The fourth-order valence-electron chi connectivity index (χ4n) is 3.94. The molecule has 1 atom stereocenters. The molecule has 0 radical (unpaired) electrons. The first-order valence-electron chi connectivity index (χ1n) is 9.26. The van der Waals surface area contributed by atoms with Gasteiger partial charge in [0.15, 0.2) is 5.65 Å². The van der Waals surface area contributed by atoms with Crippen LogP contribution in [0.2, 0.25) is 0 Å². The van der Waals surface area contributed by atoms with Crippen LogP contribution in [0.15, 0.2) is 67.1 Å². The van der Waals surface area contributed by atoms with Crippen molar-refractivity contribution in [2.24, 2.45) is 0 Å². The van der Waals surface area contributed by atoms with E-state index in [0.29, 0.717) is 5.82 Å². The van der Waals surface area contributed by atoms with E-state index >= 15 is 0 Å². The maximum absolute atomic E-state index is 6.08. The van der Waals surface area contributed by atoms with E-state index in [2.05, 4.69) is 76.0 Å². The molecule has 4 heterocycles. The number of rotatable bonds is 3. The van der Waals surface area contributed by atoms with Crippen molar-refractivity contribution >= 4 is 22.4 Å². The maximum atomic E-state index is 6.08. The molecule has 6 heteroatoms. The number of benzene rings is 1. The van der Waals surface area contributed by atoms with E-state index < -0.39 is 0 Å². The molecule has 0 amide bonds. The van der Waals surface area contributed by atoms with Crippen molar-refractivity contribution in [3.8, 4) is 11.3 Å². The van der Waals surface area contributed by atoms with Crippen molar-refractivity contribution in [3.63, 3.8) is 0 Å². The number of hydrogen-bond donors (Lipinski definition) is 1. The quantitative estimate of drug-likeness (QED) is 0.517. The number of fused-ring (bicyclic) bond motifs is 2. The summed E-state index contributed by atoms with van der Waals surface area (Å²) >= 11 is 0. The Hall–Kier alpha value is -3.67. The summed E-state index contributed by atoms with van der Waals surface area (Å²) < 4.78 is 4.17. The van der Waals surface area contributed by atoms with E-state index in [-0.39, 0.29) is 6.04 Å². The lowest BCUT2D eigenvalue weighted by molar-refractivity contribution is 0.576. The zero-order valence-corrected chi connectivity index (χ0v) is 15.7. The van der Waals surface area contributed by atoms with Gasteiger partial charge in [-0.2, -0.15) is 5.10 Å². The van der Waals surface area contributed by atoms with Crippen LogP contribution in [-0.4, -0.2) is 24.1 Å². The minimum atomic E-state index is -0.0272. The lowest BCUT2D eigenvalue weighted by Gasteiger charge is -2.15. The SMILES string of the molecule is Cc1nn(C(C)c2cc3ccccn3c2-c2ccccc2)c2ncnc(N)c12. The van der Waals surface area contributed by atoms with Crippen molar-refractivity contribution in [2.45, 2.75) is 19.9 Å². The molecule has 0 aliphatic heterocycles. The van der Waals surface area contributed by atoms with Gasteiger partial charge >= 0.3 is 0 Å². The van der Waals surface area contributed by atoms with Gasteiger partial charge in [-0.15, -0.1) is 0 Å². The van der Waals surface area contributed by atoms with Gasteiger partial charge in [-0.25, -0.2) is 14.6 Å². The minimum absolute atomic E-state index is 0.0272. The first-order chi connectivity index (χ1) is 13.6. The summed E-state index contributed by atoms with van der Waals surface area (Å²) in [6.45, 7) is 4.09. The van der Waals surface area contributed by atoms with E-state index in [0.717, 1.165) is 33.5 Å². The zero-order chi connectivity index (χ0) is 19.3. The van der Waals surface area contributed by atoms with Crippen LogP contribution in [0.5, 0.6) is 0 Å². The molecule has 0 saturated carbocycles. The molecule has 0 saturated heterocycles. The van der Waals surface area contributed by atoms with Crippen molar-refractivity contribution < 1.29 is 0 Å². The Kier molecular flexibility index (Phi) is 3.65. The Morgan fingerprint density at radius 1 is 1.00 bits per heavy atom. The number of nitrogens with two attached hydrogens (primary N) is 1. The Morgan fingerprint density at radius 3 is 2.61 bits per heavy atom. The Balaban J connectivity index is 1.78. The lowest BCUT2D eigenvalue weighted by Crippen LogP contribution is -2.10. The summed E-state index contributed by atoms with van der Waals surface area (Å²) in [4.78, 5) is 8.59. The second kappa shape index (κ2) is 6.20. The van der Waals surface area contributed by atoms with Gasteiger partial charge in [0.2, 0.25) is 0 Å². The zero-order valence-electron chi connectivity index (χ0n) is 15.7. The Morgan fingerprint density at radius 2 is 1.79 bits per heavy atom. The molecule has 0 spiro atoms. The number of nitrogens with zero attached hydrogens (tertiary/aromatic N) is 5. The summed E-state index contributed by atoms with van der Waals surface area (Å²) in [6.07, 6.45) is 3.59. The molecule has 6 nitrogen and oxygen atoms in total. The van der Waals surface area contributed by atoms with Crippen molar-refractivity contribution in [3.05, 3.63) is 78.4 Å². The van der Waals surface area contributed by atoms with Gasteiger partial charge in [0.1, 0.15) is 12.1 Å². The molecule has 1 aromatic carbocycles. The average Bonchev–Trinajstić information content (AvgIpc) is 3.27. The summed E-state index contributed by atoms with van der Waals surface area (Å²) in [5, 5.41) is 5.58. The lowest BCUT2D eigenvalue weighted by atomic mass is 10.0. The van der Waals surface area contributed by atoms with Gasteiger partial charge in [-0.3, -0.25) is 0 Å². The summed E-state index contributed by atoms with van der Waals surface area (Å²) in [5.41, 5.74) is 12.3. The summed E-state index contributed by atoms with van der Waals surface area (Å²) in [7, 11) is 0. The second-order valence-electron chi connectivity index (χ2n) is 6.97. The van der Waals surface area contributed by atoms with E-state index in [4.69, 9.17) is 10.8 Å². The third-order valence-electron chi connectivity index (χ3n) is 5.27. The van der Waals surface area contributed by atoms with Crippen molar-refractivity contribution in [2.75, 3.05) is 5.73 Å². The molecular formula is C22H20N6. The van der Waals surface area contributed by atoms with Crippen LogP contribution in [0.3, 0.4) is 0 Å². The fraction of sp³-hybridized carbons (Fsp3) is 0.136. The van der Waals surface area contributed by atoms with Crippen molar-refractivity contribution in [1.82, 2.24) is 24.1 Å². The average molecular weight is 368 g/mol. The fourth-order valence-corrected chi connectivity index (χ4v) is 3.94. The smallest absolute Gasteiger partial charge is 0.164 e. The summed E-state index contributed by atoms with van der Waals surface area (Å²) in [6, 6.07) is 18.9. The molecule has 4 aromatic heterocycles. The van der Waals surface area contributed by atoms with E-state index in [9.17, 15) is 0 Å². The number of anilines is 1. The highest BCUT2D eigenvalue weighted by Crippen LogP contribution is 2.35.